The highest BCUT2D eigenvalue weighted by molar-refractivity contribution is 7.86. The van der Waals surface area contributed by atoms with Crippen molar-refractivity contribution < 1.29 is 39.3 Å². The Morgan fingerprint density at radius 2 is 1.62 bits per heavy atom. The summed E-state index contributed by atoms with van der Waals surface area (Å²) in [5, 5.41) is 0.796. The lowest BCUT2D eigenvalue weighted by Gasteiger charge is -2.08. The lowest BCUT2D eigenvalue weighted by molar-refractivity contribution is -0.0868. The Morgan fingerprint density at radius 1 is 1.12 bits per heavy atom. The van der Waals surface area contributed by atoms with Crippen molar-refractivity contribution >= 4 is 30.7 Å². The first-order valence-electron chi connectivity index (χ1n) is 7.28. The standard InChI is InChI=1S/C14H16F3S.CHF3O3S/c1-4-10-6-5-7-12-11(10)8-13(9(2)3)18(12)14(15,16)17;2-1(3,4)8(5,6)7/h5-9H,4H2,1-3H3;(H,5,6,7)/q+1;/p-1. The van der Waals surface area contributed by atoms with Crippen LogP contribution in [0.5, 0.6) is 0 Å². The van der Waals surface area contributed by atoms with Crippen molar-refractivity contribution in [2.75, 3.05) is 0 Å². The second-order valence-electron chi connectivity index (χ2n) is 5.54. The average Bonchev–Trinajstić information content (AvgIpc) is 2.85. The van der Waals surface area contributed by atoms with Gasteiger partial charge >= 0.3 is 11.0 Å². The van der Waals surface area contributed by atoms with Crippen LogP contribution in [-0.4, -0.2) is 18.5 Å². The van der Waals surface area contributed by atoms with Gasteiger partial charge in [0.05, 0.1) is 10.5 Å². The fraction of sp³-hybridized carbons (Fsp3) is 0.467. The van der Waals surface area contributed by atoms with Crippen LogP contribution in [0.2, 0.25) is 0 Å². The molecule has 26 heavy (non-hydrogen) atoms. The number of halogens is 6. The number of alkyl halides is 6. The van der Waals surface area contributed by atoms with Crippen LogP contribution in [0.4, 0.5) is 26.3 Å². The van der Waals surface area contributed by atoms with Crippen molar-refractivity contribution in [3.63, 3.8) is 0 Å². The van der Waals surface area contributed by atoms with Crippen molar-refractivity contribution in [3.05, 3.63) is 34.7 Å². The van der Waals surface area contributed by atoms with Gasteiger partial charge in [-0.1, -0.05) is 32.9 Å². The summed E-state index contributed by atoms with van der Waals surface area (Å²) >= 11 is 0. The molecule has 0 N–H and O–H groups in total. The summed E-state index contributed by atoms with van der Waals surface area (Å²) in [7, 11) is -7.83. The van der Waals surface area contributed by atoms with E-state index in [1.807, 2.05) is 26.8 Å². The summed E-state index contributed by atoms with van der Waals surface area (Å²) in [4.78, 5) is 0.512. The maximum Gasteiger partial charge on any atom is 0.600 e. The fourth-order valence-electron chi connectivity index (χ4n) is 2.23. The predicted molar refractivity (Wildman–Crippen MR) is 86.9 cm³/mol. The summed E-state index contributed by atoms with van der Waals surface area (Å²) in [6.45, 7) is 5.63. The molecular formula is C15H16F6O3S2. The Labute approximate surface area is 149 Å². The van der Waals surface area contributed by atoms with E-state index in [0.29, 0.717) is 9.58 Å². The second kappa shape index (κ2) is 7.73. The number of fused-ring (bicyclic) bond motifs is 1. The molecule has 0 aliphatic carbocycles. The third-order valence-electron chi connectivity index (χ3n) is 3.36. The number of benzene rings is 1. The molecule has 1 aromatic heterocycles. The molecule has 1 heterocycles. The zero-order chi connectivity index (χ0) is 20.5. The van der Waals surface area contributed by atoms with Gasteiger partial charge in [0.2, 0.25) is 0 Å². The van der Waals surface area contributed by atoms with Crippen molar-refractivity contribution in [1.82, 2.24) is 0 Å². The van der Waals surface area contributed by atoms with Gasteiger partial charge in [-0.2, -0.15) is 13.2 Å². The first kappa shape index (κ1) is 22.7. The quantitative estimate of drug-likeness (QED) is 0.266. The zero-order valence-corrected chi connectivity index (χ0v) is 15.5. The van der Waals surface area contributed by atoms with Gasteiger partial charge in [0.15, 0.2) is 19.7 Å². The fourth-order valence-corrected chi connectivity index (χ4v) is 4.33. The van der Waals surface area contributed by atoms with E-state index in [-0.39, 0.29) is 5.92 Å². The largest absolute Gasteiger partial charge is 0.741 e. The zero-order valence-electron chi connectivity index (χ0n) is 13.9. The van der Waals surface area contributed by atoms with Crippen molar-refractivity contribution in [1.29, 1.82) is 0 Å². The van der Waals surface area contributed by atoms with Gasteiger partial charge in [-0.15, -0.1) is 13.2 Å². The minimum absolute atomic E-state index is 0.0768. The molecule has 0 spiro atoms. The molecule has 0 fully saturated rings. The normalized spacial score (nSPS) is 13.7. The van der Waals surface area contributed by atoms with Crippen LogP contribution in [0.3, 0.4) is 0 Å². The molecule has 0 saturated carbocycles. The first-order valence-corrected chi connectivity index (χ1v) is 9.91. The summed E-state index contributed by atoms with van der Waals surface area (Å²) < 4.78 is 99.1. The molecule has 1 atom stereocenters. The van der Waals surface area contributed by atoms with Crippen LogP contribution < -0.4 is 0 Å². The van der Waals surface area contributed by atoms with Gasteiger partial charge in [-0.3, -0.25) is 0 Å². The number of hydrogen-bond donors (Lipinski definition) is 0. The number of thiophene rings is 1. The smallest absolute Gasteiger partial charge is 0.600 e. The molecule has 0 bridgehead atoms. The Hall–Kier alpha value is -1.33. The van der Waals surface area contributed by atoms with Crippen LogP contribution in [-0.2, 0) is 22.0 Å². The van der Waals surface area contributed by atoms with E-state index >= 15 is 0 Å². The average molecular weight is 422 g/mol. The molecule has 0 amide bonds. The first-order chi connectivity index (χ1) is 11.6. The topological polar surface area (TPSA) is 57.2 Å². The Bertz CT molecular complexity index is 864. The van der Waals surface area contributed by atoms with Crippen LogP contribution in [0.15, 0.2) is 24.3 Å². The highest BCUT2D eigenvalue weighted by Crippen LogP contribution is 2.53. The molecule has 11 heteroatoms. The molecule has 0 aliphatic rings. The van der Waals surface area contributed by atoms with E-state index in [1.54, 1.807) is 18.2 Å². The molecule has 1 unspecified atom stereocenters. The van der Waals surface area contributed by atoms with E-state index in [0.717, 1.165) is 17.4 Å². The predicted octanol–water partition coefficient (Wildman–Crippen LogP) is 5.80. The minimum atomic E-state index is -6.09. The van der Waals surface area contributed by atoms with E-state index < -0.39 is 31.6 Å². The van der Waals surface area contributed by atoms with E-state index in [9.17, 15) is 26.3 Å². The second-order valence-corrected chi connectivity index (χ2v) is 8.89. The Morgan fingerprint density at radius 3 is 1.96 bits per heavy atom. The molecule has 0 aliphatic heterocycles. The molecule has 0 saturated heterocycles. The van der Waals surface area contributed by atoms with Crippen LogP contribution >= 0.6 is 10.5 Å². The van der Waals surface area contributed by atoms with Gasteiger partial charge < -0.3 is 4.55 Å². The van der Waals surface area contributed by atoms with Crippen LogP contribution in [0, 0.1) is 0 Å². The maximum atomic E-state index is 13.3. The molecule has 2 aromatic rings. The van der Waals surface area contributed by atoms with E-state index in [1.165, 1.54) is 0 Å². The highest BCUT2D eigenvalue weighted by atomic mass is 32.2. The van der Waals surface area contributed by atoms with Crippen molar-refractivity contribution in [2.24, 2.45) is 0 Å². The Kier molecular flexibility index (Phi) is 6.75. The number of rotatable bonds is 2. The number of aryl methyl sites for hydroxylation is 1. The monoisotopic (exact) mass is 422 g/mol. The molecule has 2 rings (SSSR count). The van der Waals surface area contributed by atoms with Gasteiger partial charge in [0.25, 0.3) is 0 Å². The van der Waals surface area contributed by atoms with E-state index in [4.69, 9.17) is 13.0 Å². The summed E-state index contributed by atoms with van der Waals surface area (Å²) in [6, 6.07) is 7.03. The van der Waals surface area contributed by atoms with Crippen LogP contribution in [0.25, 0.3) is 10.1 Å². The lowest BCUT2D eigenvalue weighted by atomic mass is 10.1. The van der Waals surface area contributed by atoms with E-state index in [2.05, 4.69) is 0 Å². The van der Waals surface area contributed by atoms with Crippen LogP contribution in [0.1, 0.15) is 37.1 Å². The SMILES string of the molecule is CCc1cccc2c1cc(C(C)C)[s+]2C(F)(F)F.O=S(=O)([O-])C(F)(F)F. The molecule has 1 aromatic carbocycles. The van der Waals surface area contributed by atoms with Gasteiger partial charge in [-0.25, -0.2) is 8.42 Å². The lowest BCUT2D eigenvalue weighted by Crippen LogP contribution is -2.21. The minimum Gasteiger partial charge on any atom is -0.741 e. The summed E-state index contributed by atoms with van der Waals surface area (Å²) in [6.07, 6.45) is 0.764. The Balaban J connectivity index is 0.000000359. The summed E-state index contributed by atoms with van der Waals surface area (Å²) in [5.74, 6) is -0.0768. The van der Waals surface area contributed by atoms with Crippen molar-refractivity contribution in [3.8, 4) is 0 Å². The highest BCUT2D eigenvalue weighted by Gasteiger charge is 2.48. The molecule has 3 nitrogen and oxygen atoms in total. The maximum absolute atomic E-state index is 13.3. The van der Waals surface area contributed by atoms with Crippen molar-refractivity contribution in [2.45, 2.75) is 44.1 Å². The molecular weight excluding hydrogens is 406 g/mol. The van der Waals surface area contributed by atoms with Gasteiger partial charge in [0.1, 0.15) is 0 Å². The summed E-state index contributed by atoms with van der Waals surface area (Å²) in [5.41, 5.74) is -8.81. The number of hydrogen-bond acceptors (Lipinski definition) is 3. The van der Waals surface area contributed by atoms with Gasteiger partial charge in [-0.05, 0) is 18.1 Å². The molecule has 148 valence electrons. The third-order valence-corrected chi connectivity index (χ3v) is 6.25. The van der Waals surface area contributed by atoms with Gasteiger partial charge in [0, 0.05) is 17.4 Å². The third kappa shape index (κ3) is 5.10. The molecule has 0 radical (unpaired) electrons.